The van der Waals surface area contributed by atoms with Gasteiger partial charge in [0.15, 0.2) is 0 Å². The first-order valence-electron chi connectivity index (χ1n) is 4.93. The minimum absolute atomic E-state index is 0.302. The van der Waals surface area contributed by atoms with Gasteiger partial charge in [-0.05, 0) is 50.0 Å². The van der Waals surface area contributed by atoms with Crippen molar-refractivity contribution >= 4 is 0 Å². The van der Waals surface area contributed by atoms with E-state index in [1.807, 2.05) is 13.8 Å². The molecule has 0 amide bonds. The molecule has 0 bridgehead atoms. The van der Waals surface area contributed by atoms with Gasteiger partial charge in [0.25, 0.3) is 0 Å². The van der Waals surface area contributed by atoms with Crippen LogP contribution in [-0.4, -0.2) is 5.60 Å². The molecule has 2 heteroatoms. The summed E-state index contributed by atoms with van der Waals surface area (Å²) in [5.74, 6) is 0.865. The first-order valence-corrected chi connectivity index (χ1v) is 4.93. The molecule has 2 unspecified atom stereocenters. The Morgan fingerprint density at radius 2 is 2.15 bits per heavy atom. The van der Waals surface area contributed by atoms with E-state index in [0.29, 0.717) is 11.8 Å². The van der Waals surface area contributed by atoms with Crippen LogP contribution in [0.25, 0.3) is 0 Å². The SMILES string of the molecule is CC1=CCC(C(C)(C)OF)CC1C. The van der Waals surface area contributed by atoms with E-state index in [9.17, 15) is 4.53 Å². The largest absolute Gasteiger partial charge is 0.188 e. The van der Waals surface area contributed by atoms with Crippen molar-refractivity contribution < 1.29 is 9.47 Å². The van der Waals surface area contributed by atoms with Crippen LogP contribution < -0.4 is 0 Å². The molecule has 0 aliphatic heterocycles. The zero-order valence-corrected chi connectivity index (χ0v) is 8.93. The highest BCUT2D eigenvalue weighted by atomic mass is 19.3. The Hall–Kier alpha value is -0.370. The highest BCUT2D eigenvalue weighted by Crippen LogP contribution is 2.36. The van der Waals surface area contributed by atoms with Crippen LogP contribution in [0.5, 0.6) is 0 Å². The Morgan fingerprint density at radius 1 is 1.54 bits per heavy atom. The van der Waals surface area contributed by atoms with Gasteiger partial charge < -0.3 is 0 Å². The van der Waals surface area contributed by atoms with Crippen molar-refractivity contribution in [2.45, 2.75) is 46.1 Å². The summed E-state index contributed by atoms with van der Waals surface area (Å²) in [4.78, 5) is 4.03. The van der Waals surface area contributed by atoms with Crippen LogP contribution >= 0.6 is 0 Å². The van der Waals surface area contributed by atoms with Crippen LogP contribution in [0.3, 0.4) is 0 Å². The molecule has 0 fully saturated rings. The van der Waals surface area contributed by atoms with E-state index in [1.54, 1.807) is 0 Å². The second-order valence-corrected chi connectivity index (χ2v) is 4.70. The lowest BCUT2D eigenvalue weighted by Crippen LogP contribution is -2.34. The van der Waals surface area contributed by atoms with Crippen LogP contribution in [0.15, 0.2) is 11.6 Å². The molecule has 0 aromatic carbocycles. The molecule has 0 aromatic heterocycles. The second kappa shape index (κ2) is 3.79. The fraction of sp³-hybridized carbons (Fsp3) is 0.818. The molecule has 0 spiro atoms. The summed E-state index contributed by atoms with van der Waals surface area (Å²) in [6.07, 6.45) is 4.17. The van der Waals surface area contributed by atoms with Gasteiger partial charge in [-0.15, -0.1) is 0 Å². The summed E-state index contributed by atoms with van der Waals surface area (Å²) < 4.78 is 12.3. The maximum atomic E-state index is 12.3. The van der Waals surface area contributed by atoms with Crippen molar-refractivity contribution in [2.75, 3.05) is 0 Å². The minimum atomic E-state index is -0.633. The standard InChI is InChI=1S/C11H19FO/c1-8-5-6-10(7-9(8)2)11(3,4)13-12/h5,9-10H,6-7H2,1-4H3. The Labute approximate surface area is 79.9 Å². The van der Waals surface area contributed by atoms with E-state index in [4.69, 9.17) is 0 Å². The summed E-state index contributed by atoms with van der Waals surface area (Å²) in [6, 6.07) is 0. The Kier molecular flexibility index (Phi) is 3.12. The van der Waals surface area contributed by atoms with Gasteiger partial charge in [0.2, 0.25) is 0 Å². The van der Waals surface area contributed by atoms with Crippen molar-refractivity contribution in [1.29, 1.82) is 0 Å². The quantitative estimate of drug-likeness (QED) is 0.598. The molecular formula is C11H19FO. The molecule has 0 aromatic rings. The third-order valence-corrected chi connectivity index (χ3v) is 3.32. The summed E-state index contributed by atoms with van der Waals surface area (Å²) in [5.41, 5.74) is 0.789. The topological polar surface area (TPSA) is 9.23 Å². The van der Waals surface area contributed by atoms with Gasteiger partial charge in [-0.1, -0.05) is 18.6 Å². The Balaban J connectivity index is 2.67. The lowest BCUT2D eigenvalue weighted by molar-refractivity contribution is -0.243. The fourth-order valence-corrected chi connectivity index (χ4v) is 1.87. The van der Waals surface area contributed by atoms with Crippen LogP contribution in [0, 0.1) is 11.8 Å². The van der Waals surface area contributed by atoms with E-state index in [-0.39, 0.29) is 0 Å². The monoisotopic (exact) mass is 186 g/mol. The maximum absolute atomic E-state index is 12.3. The summed E-state index contributed by atoms with van der Waals surface area (Å²) in [7, 11) is 0. The van der Waals surface area contributed by atoms with E-state index in [0.717, 1.165) is 12.8 Å². The Morgan fingerprint density at radius 3 is 2.62 bits per heavy atom. The average molecular weight is 186 g/mol. The van der Waals surface area contributed by atoms with Gasteiger partial charge in [0, 0.05) is 0 Å². The average Bonchev–Trinajstić information content (AvgIpc) is 2.09. The zero-order chi connectivity index (χ0) is 10.1. The summed E-state index contributed by atoms with van der Waals surface area (Å²) in [5, 5.41) is 0. The van der Waals surface area contributed by atoms with Crippen molar-refractivity contribution in [2.24, 2.45) is 11.8 Å². The van der Waals surface area contributed by atoms with Crippen LogP contribution in [-0.2, 0) is 4.94 Å². The predicted molar refractivity (Wildman–Crippen MR) is 51.9 cm³/mol. The van der Waals surface area contributed by atoms with Gasteiger partial charge in [-0.3, -0.25) is 0 Å². The number of halogens is 1. The number of hydrogen-bond donors (Lipinski definition) is 0. The molecule has 0 heterocycles. The van der Waals surface area contributed by atoms with Crippen molar-refractivity contribution in [3.8, 4) is 0 Å². The second-order valence-electron chi connectivity index (χ2n) is 4.70. The molecule has 76 valence electrons. The molecule has 0 saturated carbocycles. The third kappa shape index (κ3) is 2.31. The van der Waals surface area contributed by atoms with Gasteiger partial charge >= 0.3 is 0 Å². The van der Waals surface area contributed by atoms with Gasteiger partial charge in [0.1, 0.15) is 5.60 Å². The van der Waals surface area contributed by atoms with Crippen molar-refractivity contribution in [1.82, 2.24) is 0 Å². The summed E-state index contributed by atoms with van der Waals surface area (Å²) >= 11 is 0. The summed E-state index contributed by atoms with van der Waals surface area (Å²) in [6.45, 7) is 7.97. The fourth-order valence-electron chi connectivity index (χ4n) is 1.87. The van der Waals surface area contributed by atoms with Crippen LogP contribution in [0.1, 0.15) is 40.5 Å². The molecule has 1 aliphatic carbocycles. The van der Waals surface area contributed by atoms with Crippen LogP contribution in [0.2, 0.25) is 0 Å². The lowest BCUT2D eigenvalue weighted by atomic mass is 9.75. The molecular weight excluding hydrogens is 167 g/mol. The minimum Gasteiger partial charge on any atom is -0.188 e. The number of rotatable bonds is 2. The van der Waals surface area contributed by atoms with E-state index in [1.165, 1.54) is 5.57 Å². The molecule has 1 aliphatic rings. The van der Waals surface area contributed by atoms with Crippen molar-refractivity contribution in [3.05, 3.63) is 11.6 Å². The van der Waals surface area contributed by atoms with E-state index in [2.05, 4.69) is 24.9 Å². The lowest BCUT2D eigenvalue weighted by Gasteiger charge is -2.34. The molecule has 2 atom stereocenters. The zero-order valence-electron chi connectivity index (χ0n) is 8.93. The highest BCUT2D eigenvalue weighted by molar-refractivity contribution is 5.08. The smallest absolute Gasteiger partial charge is 0.106 e. The van der Waals surface area contributed by atoms with Gasteiger partial charge in [-0.2, -0.15) is 4.94 Å². The van der Waals surface area contributed by atoms with Gasteiger partial charge in [-0.25, -0.2) is 0 Å². The maximum Gasteiger partial charge on any atom is 0.106 e. The first kappa shape index (κ1) is 10.7. The normalized spacial score (nSPS) is 30.1. The van der Waals surface area contributed by atoms with Gasteiger partial charge in [0.05, 0.1) is 0 Å². The molecule has 1 rings (SSSR count). The molecule has 13 heavy (non-hydrogen) atoms. The predicted octanol–water partition coefficient (Wildman–Crippen LogP) is 3.66. The molecule has 1 nitrogen and oxygen atoms in total. The Bertz CT molecular complexity index is 208. The number of allylic oxidation sites excluding steroid dienone is 2. The highest BCUT2D eigenvalue weighted by Gasteiger charge is 2.34. The van der Waals surface area contributed by atoms with E-state index < -0.39 is 5.60 Å². The van der Waals surface area contributed by atoms with Crippen LogP contribution in [0.4, 0.5) is 4.53 Å². The third-order valence-electron chi connectivity index (χ3n) is 3.32. The molecule has 0 radical (unpaired) electrons. The molecule has 0 saturated heterocycles. The molecule has 0 N–H and O–H groups in total. The first-order chi connectivity index (χ1) is 5.97. The van der Waals surface area contributed by atoms with Crippen molar-refractivity contribution in [3.63, 3.8) is 0 Å². The van der Waals surface area contributed by atoms with E-state index >= 15 is 0 Å². The number of hydrogen-bond acceptors (Lipinski definition) is 1.